The second-order valence-corrected chi connectivity index (χ2v) is 4.41. The number of para-hydroxylation sites is 1. The predicted molar refractivity (Wildman–Crippen MR) is 81.6 cm³/mol. The highest BCUT2D eigenvalue weighted by Gasteiger charge is 2.13. The van der Waals surface area contributed by atoms with Crippen molar-refractivity contribution in [3.05, 3.63) is 59.7 Å². The van der Waals surface area contributed by atoms with E-state index in [1.54, 1.807) is 37.3 Å². The van der Waals surface area contributed by atoms with Crippen molar-refractivity contribution in [3.8, 4) is 0 Å². The minimum atomic E-state index is -0.431. The van der Waals surface area contributed by atoms with Crippen LogP contribution in [0.1, 0.15) is 15.9 Å². The fraction of sp³-hybridized carbons (Fsp3) is 0.125. The maximum absolute atomic E-state index is 11.9. The number of carbonyl (C=O) groups is 2. The number of esters is 1. The number of ether oxygens (including phenoxy) is 1. The number of urea groups is 1. The van der Waals surface area contributed by atoms with Crippen molar-refractivity contribution in [1.29, 1.82) is 0 Å². The highest BCUT2D eigenvalue weighted by Crippen LogP contribution is 2.20. The SMILES string of the molecule is COC(=O)c1cccc(NC(=O)Nc2ccccc2)c1C. The molecule has 0 spiro atoms. The molecule has 0 bridgehead atoms. The van der Waals surface area contributed by atoms with Crippen LogP contribution in [0.25, 0.3) is 0 Å². The van der Waals surface area contributed by atoms with E-state index in [0.717, 1.165) is 0 Å². The van der Waals surface area contributed by atoms with Crippen LogP contribution in [0.2, 0.25) is 0 Å². The molecule has 21 heavy (non-hydrogen) atoms. The number of rotatable bonds is 3. The molecule has 0 aliphatic heterocycles. The number of hydrogen-bond donors (Lipinski definition) is 2. The van der Waals surface area contributed by atoms with Gasteiger partial charge < -0.3 is 15.4 Å². The van der Waals surface area contributed by atoms with Crippen molar-refractivity contribution in [2.24, 2.45) is 0 Å². The number of nitrogens with one attached hydrogen (secondary N) is 2. The first-order valence-electron chi connectivity index (χ1n) is 6.43. The fourth-order valence-corrected chi connectivity index (χ4v) is 1.91. The summed E-state index contributed by atoms with van der Waals surface area (Å²) in [6.45, 7) is 1.75. The summed E-state index contributed by atoms with van der Waals surface area (Å²) in [5.41, 5.74) is 2.34. The molecule has 0 unspecified atom stereocenters. The van der Waals surface area contributed by atoms with E-state index in [9.17, 15) is 9.59 Å². The molecule has 0 atom stereocenters. The average molecular weight is 284 g/mol. The summed E-state index contributed by atoms with van der Waals surface area (Å²) in [6.07, 6.45) is 0. The lowest BCUT2D eigenvalue weighted by molar-refractivity contribution is 0.0600. The van der Waals surface area contributed by atoms with E-state index in [1.807, 2.05) is 18.2 Å². The summed E-state index contributed by atoms with van der Waals surface area (Å²) in [6, 6.07) is 13.8. The number of anilines is 2. The first kappa shape index (κ1) is 14.6. The normalized spacial score (nSPS) is 9.81. The molecule has 5 nitrogen and oxygen atoms in total. The van der Waals surface area contributed by atoms with Crippen LogP contribution < -0.4 is 10.6 Å². The third-order valence-corrected chi connectivity index (χ3v) is 3.02. The van der Waals surface area contributed by atoms with Gasteiger partial charge in [0.15, 0.2) is 0 Å². The highest BCUT2D eigenvalue weighted by atomic mass is 16.5. The smallest absolute Gasteiger partial charge is 0.338 e. The highest BCUT2D eigenvalue weighted by molar-refractivity contribution is 6.01. The van der Waals surface area contributed by atoms with Gasteiger partial charge >= 0.3 is 12.0 Å². The van der Waals surface area contributed by atoms with Crippen molar-refractivity contribution >= 4 is 23.4 Å². The van der Waals surface area contributed by atoms with Crippen LogP contribution >= 0.6 is 0 Å². The summed E-state index contributed by atoms with van der Waals surface area (Å²) in [4.78, 5) is 23.6. The zero-order chi connectivity index (χ0) is 15.2. The van der Waals surface area contributed by atoms with E-state index in [2.05, 4.69) is 10.6 Å². The van der Waals surface area contributed by atoms with E-state index < -0.39 is 5.97 Å². The molecule has 0 heterocycles. The Morgan fingerprint density at radius 2 is 1.67 bits per heavy atom. The van der Waals surface area contributed by atoms with Gasteiger partial charge in [0.25, 0.3) is 0 Å². The topological polar surface area (TPSA) is 67.4 Å². The monoisotopic (exact) mass is 284 g/mol. The first-order valence-corrected chi connectivity index (χ1v) is 6.43. The van der Waals surface area contributed by atoms with Crippen LogP contribution in [0.15, 0.2) is 48.5 Å². The van der Waals surface area contributed by atoms with E-state index in [0.29, 0.717) is 22.5 Å². The van der Waals surface area contributed by atoms with Crippen molar-refractivity contribution in [3.63, 3.8) is 0 Å². The third kappa shape index (κ3) is 3.60. The van der Waals surface area contributed by atoms with Crippen LogP contribution in [0.4, 0.5) is 16.2 Å². The number of benzene rings is 2. The Kier molecular flexibility index (Phi) is 4.56. The quantitative estimate of drug-likeness (QED) is 0.848. The second-order valence-electron chi connectivity index (χ2n) is 4.41. The maximum atomic E-state index is 11.9. The Hall–Kier alpha value is -2.82. The Bertz CT molecular complexity index is 654. The molecule has 0 saturated heterocycles. The molecule has 0 aliphatic rings. The van der Waals surface area contributed by atoms with Crippen molar-refractivity contribution in [2.45, 2.75) is 6.92 Å². The van der Waals surface area contributed by atoms with E-state index >= 15 is 0 Å². The van der Waals surface area contributed by atoms with Crippen LogP contribution in [0, 0.1) is 6.92 Å². The number of methoxy groups -OCH3 is 1. The summed E-state index contributed by atoms with van der Waals surface area (Å²) in [5.74, 6) is -0.431. The Morgan fingerprint density at radius 3 is 2.33 bits per heavy atom. The summed E-state index contributed by atoms with van der Waals surface area (Å²) >= 11 is 0. The van der Waals surface area contributed by atoms with Crippen LogP contribution in [-0.4, -0.2) is 19.1 Å². The van der Waals surface area contributed by atoms with Crippen LogP contribution in [-0.2, 0) is 4.74 Å². The average Bonchev–Trinajstić information content (AvgIpc) is 2.49. The standard InChI is InChI=1S/C16H16N2O3/c1-11-13(15(19)21-2)9-6-10-14(11)18-16(20)17-12-7-4-3-5-8-12/h3-10H,1-2H3,(H2,17,18,20). The number of hydrogen-bond acceptors (Lipinski definition) is 3. The number of carbonyl (C=O) groups excluding carboxylic acids is 2. The Morgan fingerprint density at radius 1 is 0.952 bits per heavy atom. The molecule has 2 aromatic rings. The summed E-state index contributed by atoms with van der Waals surface area (Å²) in [7, 11) is 1.32. The lowest BCUT2D eigenvalue weighted by Crippen LogP contribution is -2.20. The summed E-state index contributed by atoms with van der Waals surface area (Å²) < 4.78 is 4.71. The van der Waals surface area contributed by atoms with Crippen molar-refractivity contribution < 1.29 is 14.3 Å². The molecule has 0 radical (unpaired) electrons. The molecule has 2 rings (SSSR count). The van der Waals surface area contributed by atoms with Gasteiger partial charge in [-0.2, -0.15) is 0 Å². The van der Waals surface area contributed by atoms with Crippen LogP contribution in [0.5, 0.6) is 0 Å². The minimum Gasteiger partial charge on any atom is -0.465 e. The molecular formula is C16H16N2O3. The number of amides is 2. The van der Waals surface area contributed by atoms with Gasteiger partial charge in [-0.05, 0) is 36.8 Å². The zero-order valence-corrected chi connectivity index (χ0v) is 11.8. The predicted octanol–water partition coefficient (Wildman–Crippen LogP) is 3.43. The molecule has 2 N–H and O–H groups in total. The molecule has 0 aliphatic carbocycles. The van der Waals surface area contributed by atoms with Crippen molar-refractivity contribution in [2.75, 3.05) is 17.7 Å². The molecule has 2 amide bonds. The van der Waals surface area contributed by atoms with Crippen LogP contribution in [0.3, 0.4) is 0 Å². The van der Waals surface area contributed by atoms with Crippen molar-refractivity contribution in [1.82, 2.24) is 0 Å². The molecule has 0 fully saturated rings. The molecule has 0 saturated carbocycles. The molecule has 108 valence electrons. The maximum Gasteiger partial charge on any atom is 0.338 e. The minimum absolute atomic E-state index is 0.369. The fourth-order valence-electron chi connectivity index (χ4n) is 1.91. The second kappa shape index (κ2) is 6.56. The van der Waals surface area contributed by atoms with Gasteiger partial charge in [0.1, 0.15) is 0 Å². The third-order valence-electron chi connectivity index (χ3n) is 3.02. The zero-order valence-electron chi connectivity index (χ0n) is 11.8. The van der Waals surface area contributed by atoms with E-state index in [4.69, 9.17) is 4.74 Å². The van der Waals surface area contributed by atoms with Gasteiger partial charge in [-0.25, -0.2) is 9.59 Å². The first-order chi connectivity index (χ1) is 10.1. The molecule has 5 heteroatoms. The molecular weight excluding hydrogens is 268 g/mol. The lowest BCUT2D eigenvalue weighted by atomic mass is 10.1. The summed E-state index contributed by atoms with van der Waals surface area (Å²) in [5, 5.41) is 5.43. The Balaban J connectivity index is 2.13. The van der Waals surface area contributed by atoms with Gasteiger partial charge in [0.2, 0.25) is 0 Å². The van der Waals surface area contributed by atoms with E-state index in [-0.39, 0.29) is 6.03 Å². The van der Waals surface area contributed by atoms with Gasteiger partial charge in [-0.1, -0.05) is 24.3 Å². The molecule has 0 aromatic heterocycles. The molecule has 2 aromatic carbocycles. The van der Waals surface area contributed by atoms with Gasteiger partial charge in [-0.3, -0.25) is 0 Å². The Labute approximate surface area is 122 Å². The van der Waals surface area contributed by atoms with Gasteiger partial charge in [0.05, 0.1) is 12.7 Å². The van der Waals surface area contributed by atoms with Gasteiger partial charge in [0, 0.05) is 11.4 Å². The lowest BCUT2D eigenvalue weighted by Gasteiger charge is -2.12. The largest absolute Gasteiger partial charge is 0.465 e. The van der Waals surface area contributed by atoms with Gasteiger partial charge in [-0.15, -0.1) is 0 Å². The van der Waals surface area contributed by atoms with E-state index in [1.165, 1.54) is 7.11 Å².